The number of carboxylic acids is 1. The number of aliphatic hydroxyl groups excluding tert-OH is 1. The maximum Gasteiger partial charge on any atom is 0.305 e. The number of carboxylic acid groups (broad SMARTS) is 1. The average Bonchev–Trinajstić information content (AvgIpc) is 3.72. The molecule has 0 aromatic carbocycles. The molecule has 0 aromatic heterocycles. The van der Waals surface area contributed by atoms with Crippen LogP contribution in [0.2, 0.25) is 0 Å². The number of nitrogens with two attached hydrogens (primary N) is 3. The third kappa shape index (κ3) is 11.9. The molecule has 0 radical (unpaired) electrons. The van der Waals surface area contributed by atoms with Crippen LogP contribution in [0, 0.1) is 0 Å². The quantitative estimate of drug-likeness (QED) is 0.116. The number of hydrogen-bond donors (Lipinski definition) is 10. The van der Waals surface area contributed by atoms with Gasteiger partial charge in [0.25, 0.3) is 0 Å². The smallest absolute Gasteiger partial charge is 0.305 e. The van der Waals surface area contributed by atoms with Gasteiger partial charge < -0.3 is 63.8 Å². The zero-order chi connectivity index (χ0) is 38.7. The van der Waals surface area contributed by atoms with Crippen molar-refractivity contribution >= 4 is 80.7 Å². The number of fused-ring (bicyclic) bond motifs is 2. The van der Waals surface area contributed by atoms with Gasteiger partial charge in [0.2, 0.25) is 53.2 Å². The van der Waals surface area contributed by atoms with Gasteiger partial charge in [0.15, 0.2) is 0 Å². The Hall–Kier alpha value is -4.68. The van der Waals surface area contributed by atoms with Gasteiger partial charge in [-0.3, -0.25) is 47.9 Å². The van der Waals surface area contributed by atoms with Crippen molar-refractivity contribution in [2.45, 2.75) is 74.5 Å². The summed E-state index contributed by atoms with van der Waals surface area (Å²) in [6, 6.07) is -8.28. The summed E-state index contributed by atoms with van der Waals surface area (Å²) < 4.78 is 0. The molecule has 0 bridgehead atoms. The fourth-order valence-corrected chi connectivity index (χ4v) is 7.87. The van der Waals surface area contributed by atoms with Gasteiger partial charge in [-0.1, -0.05) is 21.6 Å². The van der Waals surface area contributed by atoms with E-state index in [0.717, 1.165) is 26.5 Å². The lowest BCUT2D eigenvalue weighted by Crippen LogP contribution is -2.58. The van der Waals surface area contributed by atoms with Crippen molar-refractivity contribution in [2.24, 2.45) is 17.2 Å². The number of rotatable bonds is 5. The van der Waals surface area contributed by atoms with E-state index in [0.29, 0.717) is 6.42 Å². The molecule has 3 saturated heterocycles. The molecule has 24 heteroatoms. The zero-order valence-electron chi connectivity index (χ0n) is 27.7. The van der Waals surface area contributed by atoms with E-state index in [2.05, 4.69) is 26.6 Å². The molecule has 3 heterocycles. The van der Waals surface area contributed by atoms with Gasteiger partial charge >= 0.3 is 5.97 Å². The molecule has 0 unspecified atom stereocenters. The number of aliphatic carboxylic acids is 1. The minimum Gasteiger partial charge on any atom is -0.481 e. The maximum atomic E-state index is 13.3. The number of hydrogen-bond acceptors (Lipinski definition) is 14. The number of nitrogens with zero attached hydrogens (tertiary/aromatic N) is 2. The lowest BCUT2D eigenvalue weighted by molar-refractivity contribution is -0.142. The molecule has 9 amide bonds. The molecule has 3 aliphatic rings. The van der Waals surface area contributed by atoms with Crippen molar-refractivity contribution < 1.29 is 58.2 Å². The molecule has 3 fully saturated rings. The second-order valence-corrected chi connectivity index (χ2v) is 14.7. The van der Waals surface area contributed by atoms with E-state index in [4.69, 9.17) is 17.2 Å². The first-order valence-corrected chi connectivity index (χ1v) is 18.5. The SMILES string of the molecule is NC(=O)C[C@@H]1NC(=O)[C@@H]2C[C@@H](O)CN2C(=O)CNC(=O)[C@@H]2CCCN2C(=O)CNC(=O)[C@@H](CC(=O)O)NC(=O)[C@H](N)CSSC[C@H](C(N)=O)NC1=O. The normalized spacial score (nSPS) is 29.5. The number of nitrogens with one attached hydrogen (secondary N) is 5. The van der Waals surface area contributed by atoms with E-state index >= 15 is 0 Å². The molecule has 0 aromatic rings. The Morgan fingerprint density at radius 1 is 0.750 bits per heavy atom. The summed E-state index contributed by atoms with van der Waals surface area (Å²) in [6.07, 6.45) is -2.37. The highest BCUT2D eigenvalue weighted by Crippen LogP contribution is 2.23. The summed E-state index contributed by atoms with van der Waals surface area (Å²) in [5.41, 5.74) is 16.6. The Morgan fingerprint density at radius 2 is 1.35 bits per heavy atom. The molecule has 52 heavy (non-hydrogen) atoms. The number of amides is 9. The van der Waals surface area contributed by atoms with Crippen molar-refractivity contribution in [3.05, 3.63) is 0 Å². The third-order valence-corrected chi connectivity index (χ3v) is 10.7. The van der Waals surface area contributed by atoms with Crippen LogP contribution in [-0.2, 0) is 47.9 Å². The Bertz CT molecular complexity index is 1450. The highest BCUT2D eigenvalue weighted by Gasteiger charge is 2.41. The monoisotopic (exact) mass is 774 g/mol. The molecule has 3 rings (SSSR count). The number of carbonyl (C=O) groups is 10. The minimum absolute atomic E-state index is 0.126. The summed E-state index contributed by atoms with van der Waals surface area (Å²) >= 11 is 0. The molecule has 288 valence electrons. The van der Waals surface area contributed by atoms with E-state index in [1.165, 1.54) is 4.90 Å². The largest absolute Gasteiger partial charge is 0.481 e. The predicted molar refractivity (Wildman–Crippen MR) is 181 cm³/mol. The van der Waals surface area contributed by atoms with Gasteiger partial charge in [-0.25, -0.2) is 0 Å². The highest BCUT2D eigenvalue weighted by atomic mass is 33.1. The van der Waals surface area contributed by atoms with Crippen LogP contribution in [-0.4, -0.2) is 159 Å². The Morgan fingerprint density at radius 3 is 1.98 bits per heavy atom. The van der Waals surface area contributed by atoms with Crippen LogP contribution >= 0.6 is 21.6 Å². The molecule has 0 saturated carbocycles. The summed E-state index contributed by atoms with van der Waals surface area (Å²) in [6.45, 7) is -1.48. The molecule has 7 atom stereocenters. The highest BCUT2D eigenvalue weighted by molar-refractivity contribution is 8.76. The van der Waals surface area contributed by atoms with E-state index in [9.17, 15) is 58.2 Å². The molecule has 3 aliphatic heterocycles. The first-order chi connectivity index (χ1) is 24.5. The van der Waals surface area contributed by atoms with Crippen LogP contribution < -0.4 is 43.8 Å². The Labute approximate surface area is 304 Å². The lowest BCUT2D eigenvalue weighted by atomic mass is 10.1. The lowest BCUT2D eigenvalue weighted by Gasteiger charge is -2.27. The van der Waals surface area contributed by atoms with E-state index in [1.54, 1.807) is 0 Å². The fourth-order valence-electron chi connectivity index (χ4n) is 5.57. The fraction of sp³-hybridized carbons (Fsp3) is 0.643. The van der Waals surface area contributed by atoms with Gasteiger partial charge in [0.05, 0.1) is 38.1 Å². The number of aliphatic hydroxyl groups is 1. The first kappa shape index (κ1) is 41.7. The van der Waals surface area contributed by atoms with Gasteiger partial charge in [-0.15, -0.1) is 0 Å². The van der Waals surface area contributed by atoms with Crippen molar-refractivity contribution in [3.8, 4) is 0 Å². The predicted octanol–water partition coefficient (Wildman–Crippen LogP) is -6.82. The van der Waals surface area contributed by atoms with E-state index < -0.39 is 127 Å². The summed E-state index contributed by atoms with van der Waals surface area (Å²) in [7, 11) is 1.92. The topological polar surface area (TPSA) is 356 Å². The molecular formula is C28H42N10O12S2. The maximum absolute atomic E-state index is 13.3. The van der Waals surface area contributed by atoms with Crippen molar-refractivity contribution in [2.75, 3.05) is 37.7 Å². The molecule has 13 N–H and O–H groups in total. The van der Waals surface area contributed by atoms with Crippen LogP contribution in [0.25, 0.3) is 0 Å². The second kappa shape index (κ2) is 19.2. The Kier molecular flexibility index (Phi) is 15.4. The second-order valence-electron chi connectivity index (χ2n) is 12.2. The summed E-state index contributed by atoms with van der Waals surface area (Å²) in [5, 5.41) is 31.2. The average molecular weight is 775 g/mol. The first-order valence-electron chi connectivity index (χ1n) is 16.0. The molecule has 0 aliphatic carbocycles. The standard InChI is InChI=1S/C28H42N10O12S2/c29-13-10-51-52-11-16(23(31)45)36-26(48)14(5-19(30)40)35-28(50)18-4-12(39)9-38(18)21(42)8-33-27(49)17-2-1-3-37(17)20(41)7-32-25(47)15(6-22(43)44)34-24(13)46/h12-18,39H,1-11,29H2,(H2,30,40)(H2,31,45)(H,32,47)(H,33,49)(H,34,46)(H,35,50)(H,36,48)(H,43,44)/t12-,13-,14+,15-,16-,17+,18+/m1/s1. The number of primary amides is 2. The summed E-state index contributed by atoms with van der Waals surface area (Å²) in [5.74, 6) is -9.86. The third-order valence-electron chi connectivity index (χ3n) is 8.22. The van der Waals surface area contributed by atoms with Crippen LogP contribution in [0.4, 0.5) is 0 Å². The van der Waals surface area contributed by atoms with Crippen molar-refractivity contribution in [3.63, 3.8) is 0 Å². The van der Waals surface area contributed by atoms with Crippen LogP contribution in [0.5, 0.6) is 0 Å². The van der Waals surface area contributed by atoms with Crippen LogP contribution in [0.15, 0.2) is 0 Å². The molecule has 22 nitrogen and oxygen atoms in total. The van der Waals surface area contributed by atoms with Crippen molar-refractivity contribution in [1.82, 2.24) is 36.4 Å². The van der Waals surface area contributed by atoms with Crippen LogP contribution in [0.1, 0.15) is 32.1 Å². The number of carbonyl (C=O) groups excluding carboxylic acids is 9. The van der Waals surface area contributed by atoms with Crippen molar-refractivity contribution in [1.29, 1.82) is 0 Å². The van der Waals surface area contributed by atoms with E-state index in [-0.39, 0.29) is 37.4 Å². The van der Waals surface area contributed by atoms with Gasteiger partial charge in [-0.05, 0) is 12.8 Å². The van der Waals surface area contributed by atoms with Gasteiger partial charge in [0, 0.05) is 31.0 Å². The van der Waals surface area contributed by atoms with Crippen LogP contribution in [0.3, 0.4) is 0 Å². The Balaban J connectivity index is 1.86. The molecule has 0 spiro atoms. The van der Waals surface area contributed by atoms with Gasteiger partial charge in [-0.2, -0.15) is 0 Å². The minimum atomic E-state index is -1.63. The zero-order valence-corrected chi connectivity index (χ0v) is 29.4. The summed E-state index contributed by atoms with van der Waals surface area (Å²) in [4.78, 5) is 129. The van der Waals surface area contributed by atoms with E-state index in [1.807, 2.05) is 0 Å². The molecular weight excluding hydrogens is 733 g/mol. The van der Waals surface area contributed by atoms with Gasteiger partial charge in [0.1, 0.15) is 30.2 Å².